The molecule has 0 atom stereocenters. The summed E-state index contributed by atoms with van der Waals surface area (Å²) in [5, 5.41) is 0. The highest BCUT2D eigenvalue weighted by molar-refractivity contribution is 6.07. The van der Waals surface area contributed by atoms with Gasteiger partial charge in [-0.05, 0) is 29.8 Å². The van der Waals surface area contributed by atoms with Crippen molar-refractivity contribution in [3.05, 3.63) is 36.4 Å². The van der Waals surface area contributed by atoms with E-state index in [0.29, 0.717) is 0 Å². The molecule has 0 radical (unpaired) electrons. The molecule has 2 heteroatoms. The quantitative estimate of drug-likeness (QED) is 0.387. The molecule has 0 aliphatic heterocycles. The van der Waals surface area contributed by atoms with Crippen LogP contribution in [-0.4, -0.2) is 9.97 Å². The van der Waals surface area contributed by atoms with Gasteiger partial charge in [0.05, 0.1) is 22.1 Å². The lowest BCUT2D eigenvalue weighted by atomic mass is 10.3. The Morgan fingerprint density at radius 2 is 1.57 bits per heavy atom. The Labute approximate surface area is 80.2 Å². The zero-order chi connectivity index (χ0) is 9.12. The fourth-order valence-corrected chi connectivity index (χ4v) is 1.90. The Hall–Kier alpha value is -1.96. The van der Waals surface area contributed by atoms with E-state index in [1.165, 1.54) is 11.1 Å². The van der Waals surface area contributed by atoms with Crippen LogP contribution in [0.25, 0.3) is 33.2 Å². The van der Waals surface area contributed by atoms with E-state index in [9.17, 15) is 0 Å². The minimum Gasteiger partial charge on any atom is -0.244 e. The van der Waals surface area contributed by atoms with E-state index < -0.39 is 0 Å². The van der Waals surface area contributed by atoms with Crippen molar-refractivity contribution < 1.29 is 0 Å². The number of aromatic nitrogens is 2. The van der Waals surface area contributed by atoms with Crippen LogP contribution in [0, 0.1) is 0 Å². The second kappa shape index (κ2) is 1.93. The van der Waals surface area contributed by atoms with E-state index in [4.69, 9.17) is 0 Å². The summed E-state index contributed by atoms with van der Waals surface area (Å²) in [5.74, 6) is 0. The van der Waals surface area contributed by atoms with Crippen LogP contribution in [-0.2, 0) is 0 Å². The average molecular weight is 178 g/mol. The van der Waals surface area contributed by atoms with Crippen molar-refractivity contribution in [2.45, 2.75) is 0 Å². The van der Waals surface area contributed by atoms with E-state index in [2.05, 4.69) is 22.1 Å². The predicted octanol–water partition coefficient (Wildman–Crippen LogP) is 2.76. The van der Waals surface area contributed by atoms with Gasteiger partial charge in [0.25, 0.3) is 0 Å². The Morgan fingerprint density at radius 3 is 2.43 bits per heavy atom. The zero-order valence-electron chi connectivity index (χ0n) is 7.36. The maximum Gasteiger partial charge on any atom is 0.0973 e. The van der Waals surface area contributed by atoms with Crippen molar-refractivity contribution in [1.82, 2.24) is 9.97 Å². The van der Waals surface area contributed by atoms with E-state index in [-0.39, 0.29) is 0 Å². The number of hydrogen-bond donors (Lipinski definition) is 0. The van der Waals surface area contributed by atoms with Crippen LogP contribution in [0.2, 0.25) is 0 Å². The standard InChI is InChI=1S/C12H6N2/c1-2-4-10-9(3-1)13-11-6-7-5-8(7)12(11)14-10/h1-6H. The van der Waals surface area contributed by atoms with Crippen molar-refractivity contribution in [2.75, 3.05) is 0 Å². The molecule has 0 unspecified atom stereocenters. The zero-order valence-corrected chi connectivity index (χ0v) is 7.36. The first-order chi connectivity index (χ1) is 6.92. The van der Waals surface area contributed by atoms with Crippen LogP contribution in [0.3, 0.4) is 0 Å². The molecule has 14 heavy (non-hydrogen) atoms. The fraction of sp³-hybridized carbons (Fsp3) is 0. The summed E-state index contributed by atoms with van der Waals surface area (Å²) in [6.45, 7) is 0. The van der Waals surface area contributed by atoms with E-state index in [0.717, 1.165) is 22.1 Å². The molecular weight excluding hydrogens is 172 g/mol. The van der Waals surface area contributed by atoms with Crippen molar-refractivity contribution in [2.24, 2.45) is 0 Å². The first kappa shape index (κ1) is 6.49. The number of rotatable bonds is 0. The third-order valence-corrected chi connectivity index (χ3v) is 2.67. The van der Waals surface area contributed by atoms with Gasteiger partial charge >= 0.3 is 0 Å². The van der Waals surface area contributed by atoms with Gasteiger partial charge in [0.2, 0.25) is 0 Å². The molecule has 2 aliphatic rings. The minimum absolute atomic E-state index is 0.977. The van der Waals surface area contributed by atoms with Gasteiger partial charge in [-0.1, -0.05) is 12.1 Å². The van der Waals surface area contributed by atoms with Crippen LogP contribution in [0.5, 0.6) is 0 Å². The third kappa shape index (κ3) is 0.668. The van der Waals surface area contributed by atoms with Crippen molar-refractivity contribution in [1.29, 1.82) is 0 Å². The van der Waals surface area contributed by atoms with Crippen molar-refractivity contribution in [3.63, 3.8) is 0 Å². The molecule has 1 aromatic heterocycles. The maximum absolute atomic E-state index is 4.60. The maximum atomic E-state index is 4.60. The molecule has 2 nitrogen and oxygen atoms in total. The number of para-hydroxylation sites is 2. The molecule has 1 heterocycles. The summed E-state index contributed by atoms with van der Waals surface area (Å²) in [4.78, 5) is 9.15. The second-order valence-electron chi connectivity index (χ2n) is 3.60. The molecule has 0 spiro atoms. The highest BCUT2D eigenvalue weighted by Gasteiger charge is 2.19. The molecule has 0 fully saturated rings. The van der Waals surface area contributed by atoms with Crippen LogP contribution in [0.15, 0.2) is 36.4 Å². The summed E-state index contributed by atoms with van der Waals surface area (Å²) >= 11 is 0. The van der Waals surface area contributed by atoms with E-state index >= 15 is 0 Å². The minimum atomic E-state index is 0.977. The van der Waals surface area contributed by atoms with Crippen LogP contribution < -0.4 is 0 Å². The largest absolute Gasteiger partial charge is 0.244 e. The van der Waals surface area contributed by atoms with Gasteiger partial charge in [-0.3, -0.25) is 0 Å². The number of nitrogens with zero attached hydrogens (tertiary/aromatic N) is 2. The number of hydrogen-bond acceptors (Lipinski definition) is 2. The fourth-order valence-electron chi connectivity index (χ4n) is 1.90. The second-order valence-corrected chi connectivity index (χ2v) is 3.60. The SMILES string of the molecule is c1ccc2nc3c4cc-4cc3nc2c1. The van der Waals surface area contributed by atoms with Crippen molar-refractivity contribution in [3.8, 4) is 11.1 Å². The number of benzene rings is 2. The van der Waals surface area contributed by atoms with Crippen LogP contribution in [0.1, 0.15) is 0 Å². The van der Waals surface area contributed by atoms with Gasteiger partial charge in [-0.25, -0.2) is 9.97 Å². The third-order valence-electron chi connectivity index (χ3n) is 2.67. The van der Waals surface area contributed by atoms with Gasteiger partial charge < -0.3 is 0 Å². The lowest BCUT2D eigenvalue weighted by molar-refractivity contribution is 1.42. The van der Waals surface area contributed by atoms with Crippen LogP contribution >= 0.6 is 0 Å². The molecule has 0 bridgehead atoms. The summed E-state index contributed by atoms with van der Waals surface area (Å²) in [6, 6.07) is 12.2. The van der Waals surface area contributed by atoms with Gasteiger partial charge in [0.1, 0.15) is 0 Å². The Bertz CT molecular complexity index is 686. The Balaban J connectivity index is 2.29. The summed E-state index contributed by atoms with van der Waals surface area (Å²) in [6.07, 6.45) is 0. The molecule has 2 aliphatic carbocycles. The monoisotopic (exact) mass is 178 g/mol. The van der Waals surface area contributed by atoms with Gasteiger partial charge in [0, 0.05) is 5.56 Å². The predicted molar refractivity (Wildman–Crippen MR) is 56.0 cm³/mol. The molecule has 64 valence electrons. The average Bonchev–Trinajstić information content (AvgIpc) is 2.90. The van der Waals surface area contributed by atoms with Gasteiger partial charge in [-0.15, -0.1) is 0 Å². The van der Waals surface area contributed by atoms with Gasteiger partial charge in [-0.2, -0.15) is 0 Å². The molecule has 0 N–H and O–H groups in total. The summed E-state index contributed by atoms with van der Waals surface area (Å²) in [7, 11) is 0. The van der Waals surface area contributed by atoms with Crippen molar-refractivity contribution >= 4 is 22.1 Å². The first-order valence-electron chi connectivity index (χ1n) is 4.63. The molecule has 1 aromatic carbocycles. The van der Waals surface area contributed by atoms with Gasteiger partial charge in [0.15, 0.2) is 0 Å². The summed E-state index contributed by atoms with van der Waals surface area (Å²) < 4.78 is 0. The lowest BCUT2D eigenvalue weighted by Gasteiger charge is -1.95. The number of fused-ring (bicyclic) bond motifs is 4. The topological polar surface area (TPSA) is 25.8 Å². The highest BCUT2D eigenvalue weighted by atomic mass is 14.8. The Morgan fingerprint density at radius 1 is 0.786 bits per heavy atom. The smallest absolute Gasteiger partial charge is 0.0973 e. The molecule has 2 aromatic rings. The van der Waals surface area contributed by atoms with E-state index in [1.807, 2.05) is 24.3 Å². The molecule has 0 saturated carbocycles. The molecule has 4 rings (SSSR count). The van der Waals surface area contributed by atoms with E-state index in [1.54, 1.807) is 0 Å². The molecule has 0 saturated heterocycles. The molecule has 0 amide bonds. The van der Waals surface area contributed by atoms with Crippen LogP contribution in [0.4, 0.5) is 0 Å². The summed E-state index contributed by atoms with van der Waals surface area (Å²) in [5.41, 5.74) is 6.61. The normalized spacial score (nSPS) is 12.3. The molecular formula is C12H6N2. The Kier molecular flexibility index (Phi) is 0.892. The first-order valence-corrected chi connectivity index (χ1v) is 4.63. The lowest BCUT2D eigenvalue weighted by Crippen LogP contribution is -1.83. The highest BCUT2D eigenvalue weighted by Crippen LogP contribution is 2.41.